The van der Waals surface area contributed by atoms with E-state index >= 15 is 0 Å². The molecule has 2 N–H and O–H groups in total. The number of hydrogen-bond donors (Lipinski definition) is 1. The molecule has 0 aromatic carbocycles. The second kappa shape index (κ2) is 4.58. The quantitative estimate of drug-likeness (QED) is 0.879. The van der Waals surface area contributed by atoms with Crippen molar-refractivity contribution in [2.75, 3.05) is 0 Å². The molecule has 1 heterocycles. The van der Waals surface area contributed by atoms with Crippen molar-refractivity contribution in [1.29, 1.82) is 0 Å². The average molecular weight is 262 g/mol. The number of rotatable bonds is 3. The molecule has 1 aromatic heterocycles. The van der Waals surface area contributed by atoms with E-state index in [1.54, 1.807) is 11.3 Å². The van der Waals surface area contributed by atoms with Gasteiger partial charge in [0, 0.05) is 10.9 Å². The number of halogens is 1. The first kappa shape index (κ1) is 11.2. The Kier molecular flexibility index (Phi) is 3.95. The molecule has 1 aromatic rings. The minimum Gasteiger partial charge on any atom is -0.323 e. The van der Waals surface area contributed by atoms with E-state index in [0.29, 0.717) is 5.92 Å². The first-order valence-corrected chi connectivity index (χ1v) is 6.18. The van der Waals surface area contributed by atoms with Gasteiger partial charge in [0.05, 0.1) is 3.79 Å². The molecule has 0 saturated heterocycles. The second-order valence-corrected chi connectivity index (χ2v) is 5.92. The summed E-state index contributed by atoms with van der Waals surface area (Å²) in [4.78, 5) is 1.29. The molecule has 74 valence electrons. The number of hydrogen-bond acceptors (Lipinski definition) is 2. The second-order valence-electron chi connectivity index (χ2n) is 3.52. The monoisotopic (exact) mass is 261 g/mol. The van der Waals surface area contributed by atoms with E-state index in [1.165, 1.54) is 14.2 Å². The van der Waals surface area contributed by atoms with Gasteiger partial charge in [0.2, 0.25) is 0 Å². The van der Waals surface area contributed by atoms with Crippen LogP contribution in [0.5, 0.6) is 0 Å². The van der Waals surface area contributed by atoms with Crippen molar-refractivity contribution < 1.29 is 0 Å². The molecule has 0 saturated carbocycles. The maximum Gasteiger partial charge on any atom is 0.0731 e. The third kappa shape index (κ3) is 2.55. The molecule has 0 radical (unpaired) electrons. The molecule has 0 spiro atoms. The summed E-state index contributed by atoms with van der Waals surface area (Å²) in [6, 6.07) is 2.38. The first-order chi connectivity index (χ1) is 6.06. The lowest BCUT2D eigenvalue weighted by Gasteiger charge is -2.16. The molecule has 0 bridgehead atoms. The molecule has 2 atom stereocenters. The van der Waals surface area contributed by atoms with E-state index in [9.17, 15) is 0 Å². The largest absolute Gasteiger partial charge is 0.323 e. The fourth-order valence-electron chi connectivity index (χ4n) is 1.18. The van der Waals surface area contributed by atoms with Crippen molar-refractivity contribution in [3.63, 3.8) is 0 Å². The Morgan fingerprint density at radius 1 is 1.62 bits per heavy atom. The Labute approximate surface area is 92.5 Å². The van der Waals surface area contributed by atoms with E-state index in [0.717, 1.165) is 6.42 Å². The SMILES string of the molecule is CCC(C)C(N)c1cc(C)c(Br)s1. The van der Waals surface area contributed by atoms with Crippen LogP contribution in [0.1, 0.15) is 36.8 Å². The molecule has 2 unspecified atom stereocenters. The highest BCUT2D eigenvalue weighted by Crippen LogP contribution is 2.33. The highest BCUT2D eigenvalue weighted by Gasteiger charge is 2.16. The molecule has 0 fully saturated rings. The van der Waals surface area contributed by atoms with Gasteiger partial charge in [-0.2, -0.15) is 0 Å². The minimum atomic E-state index is 0.194. The highest BCUT2D eigenvalue weighted by molar-refractivity contribution is 9.11. The van der Waals surface area contributed by atoms with Gasteiger partial charge in [-0.05, 0) is 40.4 Å². The number of thiophene rings is 1. The molecule has 3 heteroatoms. The molecule has 1 nitrogen and oxygen atoms in total. The number of aryl methyl sites for hydroxylation is 1. The zero-order chi connectivity index (χ0) is 10.0. The summed E-state index contributed by atoms with van der Waals surface area (Å²) in [6.07, 6.45) is 1.13. The van der Waals surface area contributed by atoms with Crippen LogP contribution >= 0.6 is 27.3 Å². The van der Waals surface area contributed by atoms with Crippen molar-refractivity contribution in [1.82, 2.24) is 0 Å². The predicted molar refractivity (Wildman–Crippen MR) is 63.1 cm³/mol. The summed E-state index contributed by atoms with van der Waals surface area (Å²) in [5.74, 6) is 0.560. The van der Waals surface area contributed by atoms with E-state index in [-0.39, 0.29) is 6.04 Å². The predicted octanol–water partition coefficient (Wildman–Crippen LogP) is 3.86. The molecule has 0 aliphatic heterocycles. The van der Waals surface area contributed by atoms with Gasteiger partial charge in [-0.15, -0.1) is 11.3 Å². The van der Waals surface area contributed by atoms with E-state index in [4.69, 9.17) is 5.73 Å². The van der Waals surface area contributed by atoms with Crippen molar-refractivity contribution in [3.8, 4) is 0 Å². The van der Waals surface area contributed by atoms with Crippen LogP contribution in [0.3, 0.4) is 0 Å². The van der Waals surface area contributed by atoms with Gasteiger partial charge in [0.15, 0.2) is 0 Å². The fourth-order valence-corrected chi connectivity index (χ4v) is 2.89. The summed E-state index contributed by atoms with van der Waals surface area (Å²) in [7, 11) is 0. The van der Waals surface area contributed by atoms with Crippen LogP contribution in [0.4, 0.5) is 0 Å². The van der Waals surface area contributed by atoms with Crippen LogP contribution < -0.4 is 5.73 Å². The van der Waals surface area contributed by atoms with Crippen LogP contribution in [0.25, 0.3) is 0 Å². The molecular weight excluding hydrogens is 246 g/mol. The third-order valence-corrected chi connectivity index (χ3v) is 4.70. The van der Waals surface area contributed by atoms with Gasteiger partial charge in [-0.1, -0.05) is 20.3 Å². The van der Waals surface area contributed by atoms with Crippen LogP contribution in [0, 0.1) is 12.8 Å². The highest BCUT2D eigenvalue weighted by atomic mass is 79.9. The first-order valence-electron chi connectivity index (χ1n) is 4.57. The molecule has 1 rings (SSSR count). The summed E-state index contributed by atoms with van der Waals surface area (Å²) in [5, 5.41) is 0. The summed E-state index contributed by atoms with van der Waals surface area (Å²) < 4.78 is 1.21. The van der Waals surface area contributed by atoms with Crippen molar-refractivity contribution in [2.24, 2.45) is 11.7 Å². The Hall–Kier alpha value is 0.140. The third-order valence-electron chi connectivity index (χ3n) is 2.46. The van der Waals surface area contributed by atoms with Crippen molar-refractivity contribution in [2.45, 2.75) is 33.2 Å². The lowest BCUT2D eigenvalue weighted by atomic mass is 9.99. The molecule has 0 amide bonds. The molecular formula is C10H16BrNS. The van der Waals surface area contributed by atoms with Gasteiger partial charge >= 0.3 is 0 Å². The standard InChI is InChI=1S/C10H16BrNS/c1-4-6(2)9(12)8-5-7(3)10(11)13-8/h5-6,9H,4,12H2,1-3H3. The van der Waals surface area contributed by atoms with Gasteiger partial charge in [-0.3, -0.25) is 0 Å². The Bertz CT molecular complexity index is 263. The number of nitrogens with two attached hydrogens (primary N) is 1. The molecule has 0 aliphatic carbocycles. The lowest BCUT2D eigenvalue weighted by Crippen LogP contribution is -2.17. The summed E-state index contributed by atoms with van der Waals surface area (Å²) in [6.45, 7) is 6.49. The molecule has 0 aliphatic rings. The van der Waals surface area contributed by atoms with Crippen LogP contribution in [-0.4, -0.2) is 0 Å². The Morgan fingerprint density at radius 3 is 2.62 bits per heavy atom. The summed E-state index contributed by atoms with van der Waals surface area (Å²) in [5.41, 5.74) is 7.41. The minimum absolute atomic E-state index is 0.194. The average Bonchev–Trinajstić information content (AvgIpc) is 2.44. The zero-order valence-electron chi connectivity index (χ0n) is 8.30. The topological polar surface area (TPSA) is 26.0 Å². The van der Waals surface area contributed by atoms with Gasteiger partial charge < -0.3 is 5.73 Å². The van der Waals surface area contributed by atoms with Crippen LogP contribution in [0.2, 0.25) is 0 Å². The van der Waals surface area contributed by atoms with Gasteiger partial charge in [0.25, 0.3) is 0 Å². The van der Waals surface area contributed by atoms with Crippen LogP contribution in [0.15, 0.2) is 9.85 Å². The maximum absolute atomic E-state index is 6.12. The Balaban J connectivity index is 2.82. The zero-order valence-corrected chi connectivity index (χ0v) is 10.7. The van der Waals surface area contributed by atoms with Gasteiger partial charge in [0.1, 0.15) is 0 Å². The smallest absolute Gasteiger partial charge is 0.0731 e. The van der Waals surface area contributed by atoms with Crippen LogP contribution in [-0.2, 0) is 0 Å². The lowest BCUT2D eigenvalue weighted by molar-refractivity contribution is 0.462. The van der Waals surface area contributed by atoms with E-state index < -0.39 is 0 Å². The maximum atomic E-state index is 6.12. The fraction of sp³-hybridized carbons (Fsp3) is 0.600. The van der Waals surface area contributed by atoms with E-state index in [2.05, 4.69) is 42.8 Å². The van der Waals surface area contributed by atoms with E-state index in [1.807, 2.05) is 0 Å². The molecule has 13 heavy (non-hydrogen) atoms. The summed E-state index contributed by atoms with van der Waals surface area (Å²) >= 11 is 5.28. The van der Waals surface area contributed by atoms with Gasteiger partial charge in [-0.25, -0.2) is 0 Å². The normalized spacial score (nSPS) is 15.8. The Morgan fingerprint density at radius 2 is 2.23 bits per heavy atom. The van der Waals surface area contributed by atoms with Crippen molar-refractivity contribution in [3.05, 3.63) is 20.3 Å². The van der Waals surface area contributed by atoms with Crippen molar-refractivity contribution >= 4 is 27.3 Å².